The molecule has 0 spiro atoms. The molecule has 1 aromatic heterocycles. The van der Waals surface area contributed by atoms with Gasteiger partial charge in [0.15, 0.2) is 38.6 Å². The molecule has 3 heterocycles. The number of nitrogens with zero attached hydrogens (tertiary/aromatic N) is 3. The number of amides is 4. The van der Waals surface area contributed by atoms with Crippen molar-refractivity contribution in [2.24, 2.45) is 17.8 Å². The summed E-state index contributed by atoms with van der Waals surface area (Å²) in [6, 6.07) is 19.3. The highest BCUT2D eigenvalue weighted by Crippen LogP contribution is 2.66. The lowest BCUT2D eigenvalue weighted by molar-refractivity contribution is -0.125. The van der Waals surface area contributed by atoms with Crippen LogP contribution in [0.1, 0.15) is 24.3 Å². The number of fused-ring (bicyclic) bond motifs is 5. The van der Waals surface area contributed by atoms with E-state index in [4.69, 9.17) is 32.4 Å². The van der Waals surface area contributed by atoms with Gasteiger partial charge in [0.1, 0.15) is 23.6 Å². The fraction of sp³-hybridized carbons (Fsp3) is 0.244. The minimum absolute atomic E-state index is 0.0293. The number of hydrogen-bond donors (Lipinski definition) is 1. The SMILES string of the molecule is O=C1C2CC=C3C(CC4(Cl)C(=O)N(c5c(F)c(F)c(F)c(F)c5F)C(=O)C4(Cl)C3c3ccc(OCCO)cc3)C2C(=O)N1c1ccc(-c2nc3ccccc3o2)cc1. The van der Waals surface area contributed by atoms with Crippen molar-refractivity contribution in [3.8, 4) is 17.2 Å². The number of carbonyl (C=O) groups excluding carboxylic acids is 4. The molecule has 3 fully saturated rings. The van der Waals surface area contributed by atoms with Crippen molar-refractivity contribution in [3.05, 3.63) is 119 Å². The maximum atomic E-state index is 15.3. The lowest BCUT2D eigenvalue weighted by Crippen LogP contribution is -2.60. The second-order valence-electron chi connectivity index (χ2n) is 14.4. The molecule has 0 bridgehead atoms. The predicted octanol–water partition coefficient (Wildman–Crippen LogP) is 7.33. The number of rotatable bonds is 7. The van der Waals surface area contributed by atoms with Gasteiger partial charge in [-0.05, 0) is 72.9 Å². The summed E-state index contributed by atoms with van der Waals surface area (Å²) < 4.78 is 85.2. The van der Waals surface area contributed by atoms with Gasteiger partial charge in [0.25, 0.3) is 11.8 Å². The van der Waals surface area contributed by atoms with Crippen LogP contribution < -0.4 is 14.5 Å². The standard InChI is InChI=1S/C41H26Cl2F5N3O7/c42-40-17-24-22(13-14-23-27(24)37(54)50(36(23)53)20-9-5-19(6-10-20)35-49-25-3-1-2-4-26(25)58-35)28(18-7-11-21(12-8-18)57-16-15-52)41(40,43)39(56)51(38(40)55)34-32(47)30(45)29(44)31(46)33(34)48/h1-13,23-24,27-28,52H,14-17H2. The van der Waals surface area contributed by atoms with Gasteiger partial charge < -0.3 is 14.3 Å². The van der Waals surface area contributed by atoms with Gasteiger partial charge in [-0.1, -0.05) is 35.9 Å². The summed E-state index contributed by atoms with van der Waals surface area (Å²) >= 11 is 14.4. The Labute approximate surface area is 334 Å². The molecule has 1 saturated carbocycles. The number of imide groups is 2. The number of anilines is 2. The lowest BCUT2D eigenvalue weighted by atomic mass is 9.56. The van der Waals surface area contributed by atoms with Crippen LogP contribution in [0.15, 0.2) is 88.9 Å². The number of hydrogen-bond acceptors (Lipinski definition) is 8. The van der Waals surface area contributed by atoms with Crippen LogP contribution in [0.4, 0.5) is 33.3 Å². The first-order valence-electron chi connectivity index (χ1n) is 17.9. The van der Waals surface area contributed by atoms with Crippen LogP contribution in [-0.2, 0) is 19.2 Å². The molecular weight excluding hydrogens is 812 g/mol. The van der Waals surface area contributed by atoms with Crippen molar-refractivity contribution < 1.29 is 55.4 Å². The predicted molar refractivity (Wildman–Crippen MR) is 197 cm³/mol. The van der Waals surface area contributed by atoms with Crippen molar-refractivity contribution in [2.75, 3.05) is 23.0 Å². The zero-order valence-corrected chi connectivity index (χ0v) is 31.0. The van der Waals surface area contributed by atoms with Crippen molar-refractivity contribution in [1.82, 2.24) is 4.98 Å². The quantitative estimate of drug-likeness (QED) is 0.0451. The number of ether oxygens (including phenoxy) is 1. The normalized spacial score (nSPS) is 26.6. The zero-order valence-electron chi connectivity index (χ0n) is 29.5. The van der Waals surface area contributed by atoms with E-state index in [2.05, 4.69) is 4.98 Å². The Balaban J connectivity index is 1.13. The van der Waals surface area contributed by atoms with Crippen LogP contribution in [0.2, 0.25) is 0 Å². The highest BCUT2D eigenvalue weighted by molar-refractivity contribution is 6.58. The van der Waals surface area contributed by atoms with Gasteiger partial charge in [-0.2, -0.15) is 0 Å². The Kier molecular flexibility index (Phi) is 8.80. The second kappa shape index (κ2) is 13.5. The molecule has 4 amide bonds. The third kappa shape index (κ3) is 5.15. The van der Waals surface area contributed by atoms with Crippen molar-refractivity contribution >= 4 is 69.3 Å². The van der Waals surface area contributed by atoms with Gasteiger partial charge in [0.05, 0.1) is 24.1 Å². The first-order valence-corrected chi connectivity index (χ1v) is 18.6. The zero-order chi connectivity index (χ0) is 41.0. The van der Waals surface area contributed by atoms with Crippen LogP contribution in [0.5, 0.6) is 5.75 Å². The monoisotopic (exact) mass is 837 g/mol. The van der Waals surface area contributed by atoms with Crippen molar-refractivity contribution in [1.29, 1.82) is 0 Å². The molecule has 2 aliphatic heterocycles. The molecule has 10 nitrogen and oxygen atoms in total. The van der Waals surface area contributed by atoms with Crippen LogP contribution in [0, 0.1) is 46.8 Å². The highest BCUT2D eigenvalue weighted by atomic mass is 35.5. The largest absolute Gasteiger partial charge is 0.491 e. The Hall–Kier alpha value is -5.64. The number of aliphatic hydroxyl groups is 1. The number of aliphatic hydroxyl groups excluding tert-OH is 1. The lowest BCUT2D eigenvalue weighted by Gasteiger charge is -2.50. The van der Waals surface area contributed by atoms with Crippen LogP contribution in [0.25, 0.3) is 22.6 Å². The molecule has 2 saturated heterocycles. The minimum Gasteiger partial charge on any atom is -0.491 e. The Bertz CT molecular complexity index is 2580. The average Bonchev–Trinajstić information content (AvgIpc) is 3.82. The molecular formula is C41H26Cl2F5N3O7. The van der Waals surface area contributed by atoms with Gasteiger partial charge in [0.2, 0.25) is 23.5 Å². The smallest absolute Gasteiger partial charge is 0.258 e. The molecule has 17 heteroatoms. The van der Waals surface area contributed by atoms with Gasteiger partial charge in [0, 0.05) is 11.5 Å². The minimum atomic E-state index is -2.67. The number of halogens is 7. The molecule has 2 aliphatic carbocycles. The van der Waals surface area contributed by atoms with E-state index in [-0.39, 0.29) is 41.5 Å². The number of allylic oxidation sites excluding steroid dienone is 2. The van der Waals surface area contributed by atoms with Crippen LogP contribution in [0.3, 0.4) is 0 Å². The number of carbonyl (C=O) groups is 4. The average molecular weight is 839 g/mol. The van der Waals surface area contributed by atoms with E-state index < -0.39 is 98.2 Å². The number of aromatic nitrogens is 1. The van der Waals surface area contributed by atoms with Crippen molar-refractivity contribution in [3.63, 3.8) is 0 Å². The maximum absolute atomic E-state index is 15.3. The molecule has 4 aromatic carbocycles. The summed E-state index contributed by atoms with van der Waals surface area (Å²) in [6.07, 6.45) is 0.939. The molecule has 296 valence electrons. The van der Waals surface area contributed by atoms with E-state index in [1.165, 1.54) is 24.3 Å². The number of para-hydroxylation sites is 2. The summed E-state index contributed by atoms with van der Waals surface area (Å²) in [6.45, 7) is -0.378. The molecule has 6 atom stereocenters. The third-order valence-corrected chi connectivity index (χ3v) is 12.9. The Morgan fingerprint density at radius 2 is 1.45 bits per heavy atom. The summed E-state index contributed by atoms with van der Waals surface area (Å²) in [5.74, 6) is -20.8. The molecule has 1 N–H and O–H groups in total. The van der Waals surface area contributed by atoms with Gasteiger partial charge >= 0.3 is 0 Å². The van der Waals surface area contributed by atoms with E-state index in [9.17, 15) is 37.5 Å². The summed E-state index contributed by atoms with van der Waals surface area (Å²) in [5, 5.41) is 9.21. The molecule has 58 heavy (non-hydrogen) atoms. The second-order valence-corrected chi connectivity index (χ2v) is 15.6. The maximum Gasteiger partial charge on any atom is 0.258 e. The first kappa shape index (κ1) is 37.9. The molecule has 0 radical (unpaired) electrons. The van der Waals surface area contributed by atoms with E-state index in [0.717, 1.165) is 4.90 Å². The Morgan fingerprint density at radius 1 is 0.793 bits per heavy atom. The highest BCUT2D eigenvalue weighted by Gasteiger charge is 2.77. The molecule has 6 unspecified atom stereocenters. The molecule has 9 rings (SSSR count). The van der Waals surface area contributed by atoms with E-state index in [0.29, 0.717) is 28.1 Å². The van der Waals surface area contributed by atoms with Gasteiger partial charge in [-0.25, -0.2) is 31.8 Å². The number of oxazole rings is 1. The van der Waals surface area contributed by atoms with Gasteiger partial charge in [-0.15, -0.1) is 23.2 Å². The fourth-order valence-corrected chi connectivity index (χ4v) is 9.80. The molecule has 5 aromatic rings. The van der Waals surface area contributed by atoms with E-state index in [1.807, 2.05) is 6.07 Å². The first-order chi connectivity index (χ1) is 27.7. The number of alkyl halides is 2. The Morgan fingerprint density at radius 3 is 2.10 bits per heavy atom. The van der Waals surface area contributed by atoms with Crippen LogP contribution >= 0.6 is 23.2 Å². The fourth-order valence-electron chi connectivity index (χ4n) is 8.86. The van der Waals surface area contributed by atoms with E-state index in [1.54, 1.807) is 48.5 Å². The third-order valence-electron chi connectivity index (χ3n) is 11.5. The van der Waals surface area contributed by atoms with Crippen LogP contribution in [-0.4, -0.2) is 56.7 Å². The van der Waals surface area contributed by atoms with Gasteiger partial charge in [-0.3, -0.25) is 24.1 Å². The van der Waals surface area contributed by atoms with E-state index >= 15 is 8.78 Å². The summed E-state index contributed by atoms with van der Waals surface area (Å²) in [5.41, 5.74) is 0.614. The summed E-state index contributed by atoms with van der Waals surface area (Å²) in [7, 11) is 0. The molecule has 4 aliphatic rings. The van der Waals surface area contributed by atoms with Crippen molar-refractivity contribution in [2.45, 2.75) is 28.5 Å². The number of benzene rings is 4. The topological polar surface area (TPSA) is 130 Å². The summed E-state index contributed by atoms with van der Waals surface area (Å²) in [4.78, 5) is 57.5.